The van der Waals surface area contributed by atoms with Crippen LogP contribution in [0.15, 0.2) is 4.99 Å². The van der Waals surface area contributed by atoms with E-state index in [2.05, 4.69) is 27.4 Å². The molecule has 0 radical (unpaired) electrons. The van der Waals surface area contributed by atoms with Gasteiger partial charge in [0.1, 0.15) is 5.60 Å². The topological polar surface area (TPSA) is 95.5 Å². The van der Waals surface area contributed by atoms with Crippen LogP contribution in [0.1, 0.15) is 53.4 Å². The number of hydrogen-bond donors (Lipinski definition) is 2. The molecule has 0 aromatic rings. The molecule has 2 saturated heterocycles. The van der Waals surface area contributed by atoms with Crippen LogP contribution >= 0.6 is 0 Å². The first-order chi connectivity index (χ1) is 14.7. The monoisotopic (exact) mass is 439 g/mol. The van der Waals surface area contributed by atoms with Crippen LogP contribution < -0.4 is 10.6 Å². The number of amides is 2. The Labute approximate surface area is 186 Å². The summed E-state index contributed by atoms with van der Waals surface area (Å²) >= 11 is 0. The third-order valence-electron chi connectivity index (χ3n) is 5.54. The van der Waals surface area contributed by atoms with Gasteiger partial charge in [0.05, 0.1) is 13.2 Å². The van der Waals surface area contributed by atoms with Crippen molar-refractivity contribution in [3.63, 3.8) is 0 Å². The maximum Gasteiger partial charge on any atom is 0.407 e. The summed E-state index contributed by atoms with van der Waals surface area (Å²) in [6.45, 7) is 12.5. The van der Waals surface area contributed by atoms with E-state index in [1.165, 1.54) is 0 Å². The molecule has 2 fully saturated rings. The highest BCUT2D eigenvalue weighted by Gasteiger charge is 2.30. The second kappa shape index (κ2) is 12.1. The normalized spacial score (nSPS) is 19.7. The number of alkyl carbamates (subject to hydrolysis) is 1. The molecular weight excluding hydrogens is 398 g/mol. The second-order valence-electron chi connectivity index (χ2n) is 9.26. The van der Waals surface area contributed by atoms with E-state index in [0.717, 1.165) is 44.7 Å². The van der Waals surface area contributed by atoms with Crippen molar-refractivity contribution in [2.75, 3.05) is 53.0 Å². The Morgan fingerprint density at radius 3 is 2.32 bits per heavy atom. The average molecular weight is 440 g/mol. The highest BCUT2D eigenvalue weighted by atomic mass is 16.6. The van der Waals surface area contributed by atoms with Crippen LogP contribution in [0.5, 0.6) is 0 Å². The van der Waals surface area contributed by atoms with E-state index >= 15 is 0 Å². The molecule has 2 heterocycles. The lowest BCUT2D eigenvalue weighted by molar-refractivity contribution is -0.140. The van der Waals surface area contributed by atoms with Gasteiger partial charge >= 0.3 is 6.09 Å². The SMILES string of the molecule is CCCC(CNC(=NC)N1CCC(C(=O)N2CCOCC2)CC1)NC(=O)OC(C)(C)C. The van der Waals surface area contributed by atoms with Gasteiger partial charge in [-0.3, -0.25) is 9.79 Å². The lowest BCUT2D eigenvalue weighted by Gasteiger charge is -2.37. The third kappa shape index (κ3) is 8.55. The fourth-order valence-corrected chi connectivity index (χ4v) is 3.97. The summed E-state index contributed by atoms with van der Waals surface area (Å²) in [5.41, 5.74) is -0.521. The van der Waals surface area contributed by atoms with Gasteiger partial charge in [-0.1, -0.05) is 13.3 Å². The largest absolute Gasteiger partial charge is 0.444 e. The average Bonchev–Trinajstić information content (AvgIpc) is 2.73. The molecule has 2 N–H and O–H groups in total. The molecule has 31 heavy (non-hydrogen) atoms. The van der Waals surface area contributed by atoms with Crippen molar-refractivity contribution < 1.29 is 19.1 Å². The molecule has 0 aliphatic carbocycles. The van der Waals surface area contributed by atoms with Crippen molar-refractivity contribution in [2.24, 2.45) is 10.9 Å². The number of hydrogen-bond acceptors (Lipinski definition) is 5. The quantitative estimate of drug-likeness (QED) is 0.484. The van der Waals surface area contributed by atoms with Gasteiger partial charge < -0.3 is 29.9 Å². The molecule has 0 bridgehead atoms. The number of ether oxygens (including phenoxy) is 2. The van der Waals surface area contributed by atoms with Crippen molar-refractivity contribution >= 4 is 18.0 Å². The van der Waals surface area contributed by atoms with Gasteiger partial charge in [-0.15, -0.1) is 0 Å². The summed E-state index contributed by atoms with van der Waals surface area (Å²) in [5.74, 6) is 1.15. The maximum absolute atomic E-state index is 12.7. The van der Waals surface area contributed by atoms with Crippen molar-refractivity contribution in [3.05, 3.63) is 0 Å². The highest BCUT2D eigenvalue weighted by molar-refractivity contribution is 5.82. The summed E-state index contributed by atoms with van der Waals surface area (Å²) in [4.78, 5) is 33.4. The molecule has 0 saturated carbocycles. The van der Waals surface area contributed by atoms with E-state index in [4.69, 9.17) is 9.47 Å². The van der Waals surface area contributed by atoms with Gasteiger partial charge in [0.2, 0.25) is 5.91 Å². The minimum absolute atomic E-state index is 0.0444. The summed E-state index contributed by atoms with van der Waals surface area (Å²) in [6, 6.07) is -0.0444. The molecule has 178 valence electrons. The summed E-state index contributed by atoms with van der Waals surface area (Å²) < 4.78 is 10.7. The van der Waals surface area contributed by atoms with Crippen LogP contribution in [0, 0.1) is 5.92 Å². The van der Waals surface area contributed by atoms with Crippen LogP contribution in [-0.4, -0.2) is 92.4 Å². The minimum atomic E-state index is -0.521. The van der Waals surface area contributed by atoms with Crippen molar-refractivity contribution in [2.45, 2.75) is 65.0 Å². The van der Waals surface area contributed by atoms with E-state index in [0.29, 0.717) is 32.8 Å². The minimum Gasteiger partial charge on any atom is -0.444 e. The summed E-state index contributed by atoms with van der Waals surface area (Å²) in [6.07, 6.45) is 3.05. The summed E-state index contributed by atoms with van der Waals surface area (Å²) in [5, 5.41) is 6.35. The molecule has 0 aromatic carbocycles. The molecule has 0 spiro atoms. The van der Waals surface area contributed by atoms with Crippen LogP contribution in [0.2, 0.25) is 0 Å². The van der Waals surface area contributed by atoms with Crippen LogP contribution in [0.25, 0.3) is 0 Å². The van der Waals surface area contributed by atoms with E-state index < -0.39 is 11.7 Å². The number of morpholine rings is 1. The molecule has 0 aromatic heterocycles. The van der Waals surface area contributed by atoms with Crippen LogP contribution in [0.3, 0.4) is 0 Å². The highest BCUT2D eigenvalue weighted by Crippen LogP contribution is 2.20. The fraction of sp³-hybridized carbons (Fsp3) is 0.864. The number of likely N-dealkylation sites (tertiary alicyclic amines) is 1. The number of piperidine rings is 1. The van der Waals surface area contributed by atoms with Gasteiger partial charge in [-0.05, 0) is 40.0 Å². The van der Waals surface area contributed by atoms with E-state index in [9.17, 15) is 9.59 Å². The Hall–Kier alpha value is -2.03. The number of nitrogens with zero attached hydrogens (tertiary/aromatic N) is 3. The summed E-state index contributed by atoms with van der Waals surface area (Å²) in [7, 11) is 1.77. The first-order valence-corrected chi connectivity index (χ1v) is 11.5. The van der Waals surface area contributed by atoms with Gasteiger partial charge in [0.15, 0.2) is 5.96 Å². The van der Waals surface area contributed by atoms with Gasteiger partial charge in [0.25, 0.3) is 0 Å². The zero-order valence-electron chi connectivity index (χ0n) is 19.9. The first-order valence-electron chi connectivity index (χ1n) is 11.5. The molecule has 2 aliphatic rings. The molecule has 9 nitrogen and oxygen atoms in total. The van der Waals surface area contributed by atoms with E-state index in [-0.39, 0.29) is 17.9 Å². The standard InChI is InChI=1S/C22H41N5O4/c1-6-7-18(25-21(29)31-22(2,3)4)16-24-20(23-5)27-10-8-17(9-11-27)19(28)26-12-14-30-15-13-26/h17-18H,6-16H2,1-5H3,(H,23,24)(H,25,29). The lowest BCUT2D eigenvalue weighted by Crippen LogP contribution is -2.52. The molecule has 9 heteroatoms. The smallest absolute Gasteiger partial charge is 0.407 e. The maximum atomic E-state index is 12.7. The number of nitrogens with one attached hydrogen (secondary N) is 2. The number of carbonyl (C=O) groups is 2. The van der Waals surface area contributed by atoms with Crippen molar-refractivity contribution in [1.29, 1.82) is 0 Å². The predicted octanol–water partition coefficient (Wildman–Crippen LogP) is 1.83. The molecule has 2 aliphatic heterocycles. The number of aliphatic imine (C=N–C) groups is 1. The fourth-order valence-electron chi connectivity index (χ4n) is 3.97. The van der Waals surface area contributed by atoms with Crippen LogP contribution in [-0.2, 0) is 14.3 Å². The zero-order chi connectivity index (χ0) is 22.9. The van der Waals surface area contributed by atoms with Gasteiger partial charge in [-0.2, -0.15) is 0 Å². The van der Waals surface area contributed by atoms with Crippen molar-refractivity contribution in [3.8, 4) is 0 Å². The predicted molar refractivity (Wildman–Crippen MR) is 121 cm³/mol. The Morgan fingerprint density at radius 1 is 1.13 bits per heavy atom. The van der Waals surface area contributed by atoms with Gasteiger partial charge in [0, 0.05) is 51.7 Å². The molecule has 1 atom stereocenters. The van der Waals surface area contributed by atoms with E-state index in [1.807, 2.05) is 25.7 Å². The Balaban J connectivity index is 1.81. The van der Waals surface area contributed by atoms with Crippen molar-refractivity contribution in [1.82, 2.24) is 20.4 Å². The lowest BCUT2D eigenvalue weighted by atomic mass is 9.95. The number of rotatable bonds is 6. The third-order valence-corrected chi connectivity index (χ3v) is 5.54. The second-order valence-corrected chi connectivity index (χ2v) is 9.26. The Kier molecular flexibility index (Phi) is 9.87. The zero-order valence-corrected chi connectivity index (χ0v) is 19.9. The Morgan fingerprint density at radius 2 is 1.77 bits per heavy atom. The van der Waals surface area contributed by atoms with E-state index in [1.54, 1.807) is 7.05 Å². The number of carbonyl (C=O) groups excluding carboxylic acids is 2. The van der Waals surface area contributed by atoms with Gasteiger partial charge in [-0.25, -0.2) is 4.79 Å². The molecule has 2 amide bonds. The Bertz CT molecular complexity index is 606. The first kappa shape index (κ1) is 25.2. The number of guanidine groups is 1. The molecule has 1 unspecified atom stereocenters. The van der Waals surface area contributed by atoms with Crippen LogP contribution in [0.4, 0.5) is 4.79 Å². The molecular formula is C22H41N5O4. The molecule has 2 rings (SSSR count).